The van der Waals surface area contributed by atoms with Crippen LogP contribution in [0.25, 0.3) is 0 Å². The molecule has 0 bridgehead atoms. The SMILES string of the molecule is CC/C=C\C/C=C\C/C=C\C/C=C\CCCCCCCCC(=O)OC(COC(=O)CCCCCCCCCCCCCCCCCCCCCCCCC/C=C\C/C=C\CCCCCCC)COC(OCC[N+](C)(C)C)C(=O)[O-]. The van der Waals surface area contributed by atoms with Gasteiger partial charge in [0.25, 0.3) is 0 Å². The molecule has 0 aliphatic carbocycles. The molecule has 0 saturated carbocycles. The number of rotatable bonds is 61. The minimum Gasteiger partial charge on any atom is -0.545 e. The van der Waals surface area contributed by atoms with Crippen LogP contribution in [0.4, 0.5) is 0 Å². The summed E-state index contributed by atoms with van der Waals surface area (Å²) in [4.78, 5) is 37.4. The molecular formula is C70H125NO8. The van der Waals surface area contributed by atoms with Crippen LogP contribution in [0.1, 0.15) is 296 Å². The highest BCUT2D eigenvalue weighted by molar-refractivity contribution is 5.70. The second-order valence-corrected chi connectivity index (χ2v) is 23.4. The van der Waals surface area contributed by atoms with E-state index in [9.17, 15) is 19.5 Å². The summed E-state index contributed by atoms with van der Waals surface area (Å²) in [5.41, 5.74) is 0. The number of esters is 2. The van der Waals surface area contributed by atoms with Crippen molar-refractivity contribution in [3.8, 4) is 0 Å². The summed E-state index contributed by atoms with van der Waals surface area (Å²) < 4.78 is 22.7. The molecule has 9 nitrogen and oxygen atoms in total. The van der Waals surface area contributed by atoms with Crippen molar-refractivity contribution in [2.45, 2.75) is 309 Å². The first-order valence-electron chi connectivity index (χ1n) is 33.1. The van der Waals surface area contributed by atoms with Gasteiger partial charge < -0.3 is 33.3 Å². The second-order valence-electron chi connectivity index (χ2n) is 23.4. The van der Waals surface area contributed by atoms with Gasteiger partial charge in [0.05, 0.1) is 40.3 Å². The van der Waals surface area contributed by atoms with Gasteiger partial charge in [-0.05, 0) is 83.5 Å². The first-order valence-corrected chi connectivity index (χ1v) is 33.1. The number of hydrogen-bond donors (Lipinski definition) is 0. The number of unbranched alkanes of at least 4 members (excludes halogenated alkanes) is 34. The van der Waals surface area contributed by atoms with Crippen molar-refractivity contribution in [2.24, 2.45) is 0 Å². The maximum absolute atomic E-state index is 12.9. The Morgan fingerprint density at radius 1 is 0.392 bits per heavy atom. The first-order chi connectivity index (χ1) is 38.6. The summed E-state index contributed by atoms with van der Waals surface area (Å²) in [5.74, 6) is -2.29. The molecule has 0 heterocycles. The molecule has 0 aliphatic heterocycles. The van der Waals surface area contributed by atoms with E-state index in [2.05, 4.69) is 86.8 Å². The predicted molar refractivity (Wildman–Crippen MR) is 334 cm³/mol. The molecule has 0 aromatic heterocycles. The fourth-order valence-corrected chi connectivity index (χ4v) is 9.38. The lowest BCUT2D eigenvalue weighted by Crippen LogP contribution is -2.44. The number of carbonyl (C=O) groups is 3. The maximum atomic E-state index is 12.9. The molecule has 2 atom stereocenters. The Kier molecular flexibility index (Phi) is 58.3. The molecule has 0 N–H and O–H groups in total. The van der Waals surface area contributed by atoms with E-state index in [0.717, 1.165) is 89.9 Å². The number of carbonyl (C=O) groups excluding carboxylic acids is 3. The number of ether oxygens (including phenoxy) is 4. The average molecular weight is 1110 g/mol. The smallest absolute Gasteiger partial charge is 0.306 e. The summed E-state index contributed by atoms with van der Waals surface area (Å²) >= 11 is 0. The Morgan fingerprint density at radius 2 is 0.722 bits per heavy atom. The fraction of sp³-hybridized carbons (Fsp3) is 0.786. The molecule has 0 aliphatic rings. The summed E-state index contributed by atoms with van der Waals surface area (Å²) in [6.45, 7) is 4.63. The third-order valence-corrected chi connectivity index (χ3v) is 14.4. The summed E-state index contributed by atoms with van der Waals surface area (Å²) in [6.07, 6.45) is 77.0. The van der Waals surface area contributed by atoms with Crippen molar-refractivity contribution < 1.29 is 42.9 Å². The number of nitrogens with zero attached hydrogens (tertiary/aromatic N) is 1. The van der Waals surface area contributed by atoms with Gasteiger partial charge in [-0.25, -0.2) is 0 Å². The molecule has 0 fully saturated rings. The van der Waals surface area contributed by atoms with Crippen LogP contribution in [-0.4, -0.2) is 82.3 Å². The van der Waals surface area contributed by atoms with Crippen molar-refractivity contribution in [1.82, 2.24) is 0 Å². The Hall–Kier alpha value is -3.27. The minimum atomic E-state index is -1.63. The van der Waals surface area contributed by atoms with Gasteiger partial charge in [0, 0.05) is 12.8 Å². The molecule has 0 spiro atoms. The lowest BCUT2D eigenvalue weighted by Gasteiger charge is -2.26. The molecule has 0 amide bonds. The molecule has 9 heteroatoms. The Morgan fingerprint density at radius 3 is 1.08 bits per heavy atom. The molecule has 0 saturated heterocycles. The van der Waals surface area contributed by atoms with Gasteiger partial charge in [-0.2, -0.15) is 0 Å². The zero-order chi connectivity index (χ0) is 57.6. The largest absolute Gasteiger partial charge is 0.545 e. The van der Waals surface area contributed by atoms with E-state index < -0.39 is 24.3 Å². The van der Waals surface area contributed by atoms with Crippen LogP contribution in [0.2, 0.25) is 0 Å². The summed E-state index contributed by atoms with van der Waals surface area (Å²) in [5, 5.41) is 11.8. The first kappa shape index (κ1) is 75.7. The van der Waals surface area contributed by atoms with Crippen LogP contribution in [0.5, 0.6) is 0 Å². The van der Waals surface area contributed by atoms with Gasteiger partial charge in [-0.15, -0.1) is 0 Å². The Bertz CT molecular complexity index is 1520. The topological polar surface area (TPSA) is 111 Å². The molecule has 0 radical (unpaired) electrons. The molecule has 0 rings (SSSR count). The van der Waals surface area contributed by atoms with Crippen molar-refractivity contribution in [2.75, 3.05) is 47.5 Å². The second kappa shape index (κ2) is 60.8. The lowest BCUT2D eigenvalue weighted by molar-refractivity contribution is -0.870. The minimum absolute atomic E-state index is 0.143. The zero-order valence-corrected chi connectivity index (χ0v) is 52.2. The third kappa shape index (κ3) is 62.2. The van der Waals surface area contributed by atoms with Gasteiger partial charge in [0.2, 0.25) is 0 Å². The van der Waals surface area contributed by atoms with Crippen LogP contribution >= 0.6 is 0 Å². The monoisotopic (exact) mass is 1110 g/mol. The van der Waals surface area contributed by atoms with Gasteiger partial charge in [0.15, 0.2) is 12.4 Å². The van der Waals surface area contributed by atoms with E-state index >= 15 is 0 Å². The zero-order valence-electron chi connectivity index (χ0n) is 52.2. The summed E-state index contributed by atoms with van der Waals surface area (Å²) in [7, 11) is 5.92. The van der Waals surface area contributed by atoms with Crippen LogP contribution in [0.15, 0.2) is 72.9 Å². The highest BCUT2D eigenvalue weighted by atomic mass is 16.7. The standard InChI is InChI=1S/C70H125NO8/c1-6-8-10-12-14-16-18-20-22-24-26-27-28-29-30-31-32-33-34-35-36-37-38-39-40-41-43-44-46-48-50-52-54-56-58-60-67(72)77-64-66(65-78-70(69(74)75)76-63-62-71(3,4)5)79-68(73)61-59-57-55-53-51-49-47-45-42-25-23-21-19-17-15-13-11-9-7-2/h9,11,15,17-18,20-21,23-24,26,42,45,66,70H,6-8,10,12-14,16,19,22,25,27-41,43-44,46-65H2,1-5H3/b11-9-,17-15-,20-18-,23-21-,26-24-,45-42-. The molecular weight excluding hydrogens is 983 g/mol. The Balaban J connectivity index is 4.05. The van der Waals surface area contributed by atoms with E-state index in [4.69, 9.17) is 18.9 Å². The van der Waals surface area contributed by atoms with Crippen LogP contribution in [-0.2, 0) is 33.3 Å². The van der Waals surface area contributed by atoms with Crippen molar-refractivity contribution >= 4 is 17.9 Å². The maximum Gasteiger partial charge on any atom is 0.306 e. The van der Waals surface area contributed by atoms with E-state index in [1.54, 1.807) is 0 Å². The number of quaternary nitrogens is 1. The predicted octanol–water partition coefficient (Wildman–Crippen LogP) is 18.8. The number of hydrogen-bond acceptors (Lipinski definition) is 8. The molecule has 2 unspecified atom stereocenters. The van der Waals surface area contributed by atoms with E-state index in [0.29, 0.717) is 17.4 Å². The molecule has 458 valence electrons. The van der Waals surface area contributed by atoms with Crippen molar-refractivity contribution in [1.29, 1.82) is 0 Å². The summed E-state index contributed by atoms with van der Waals surface area (Å²) in [6, 6.07) is 0. The fourth-order valence-electron chi connectivity index (χ4n) is 9.38. The molecule has 0 aromatic rings. The third-order valence-electron chi connectivity index (χ3n) is 14.4. The van der Waals surface area contributed by atoms with Crippen LogP contribution < -0.4 is 5.11 Å². The van der Waals surface area contributed by atoms with Gasteiger partial charge in [-0.3, -0.25) is 9.59 Å². The number of carboxylic acids is 1. The van der Waals surface area contributed by atoms with Gasteiger partial charge in [-0.1, -0.05) is 273 Å². The highest BCUT2D eigenvalue weighted by Crippen LogP contribution is 2.17. The molecule has 0 aromatic carbocycles. The van der Waals surface area contributed by atoms with Gasteiger partial charge >= 0.3 is 11.9 Å². The quantitative estimate of drug-likeness (QED) is 0.0195. The highest BCUT2D eigenvalue weighted by Gasteiger charge is 2.22. The van der Waals surface area contributed by atoms with Crippen molar-refractivity contribution in [3.05, 3.63) is 72.9 Å². The van der Waals surface area contributed by atoms with E-state index in [1.807, 2.05) is 21.1 Å². The number of carboxylic acid groups (broad SMARTS) is 1. The molecule has 79 heavy (non-hydrogen) atoms. The van der Waals surface area contributed by atoms with Crippen LogP contribution in [0, 0.1) is 0 Å². The number of likely N-dealkylation sites (N-methyl/N-ethyl adjacent to an activating group) is 1. The van der Waals surface area contributed by atoms with E-state index in [-0.39, 0.29) is 38.6 Å². The van der Waals surface area contributed by atoms with E-state index in [1.165, 1.54) is 173 Å². The van der Waals surface area contributed by atoms with Crippen LogP contribution in [0.3, 0.4) is 0 Å². The van der Waals surface area contributed by atoms with Crippen molar-refractivity contribution in [3.63, 3.8) is 0 Å². The number of aliphatic carboxylic acids is 1. The number of allylic oxidation sites excluding steroid dienone is 12. The lowest BCUT2D eigenvalue weighted by atomic mass is 10.0. The van der Waals surface area contributed by atoms with Gasteiger partial charge in [0.1, 0.15) is 13.2 Å². The normalized spacial score (nSPS) is 13.2. The Labute approximate surface area is 487 Å². The average Bonchev–Trinajstić information content (AvgIpc) is 3.42.